The topological polar surface area (TPSA) is 84.9 Å². The van der Waals surface area contributed by atoms with Crippen molar-refractivity contribution in [3.8, 4) is 6.01 Å². The summed E-state index contributed by atoms with van der Waals surface area (Å²) in [7, 11) is 1.75. The Labute approximate surface area is 117 Å². The van der Waals surface area contributed by atoms with Crippen LogP contribution in [0.25, 0.3) is 0 Å². The summed E-state index contributed by atoms with van der Waals surface area (Å²) in [5.41, 5.74) is 2.26. The maximum absolute atomic E-state index is 5.31. The SMILES string of the molecule is CCOc1nc(NC)nc(NCc2cnccc2C)n1. The van der Waals surface area contributed by atoms with Gasteiger partial charge in [-0.1, -0.05) is 0 Å². The predicted octanol–water partition coefficient (Wildman–Crippen LogP) is 1.63. The lowest BCUT2D eigenvalue weighted by Gasteiger charge is -2.09. The third-order valence-electron chi connectivity index (χ3n) is 2.70. The van der Waals surface area contributed by atoms with Crippen molar-refractivity contribution in [2.75, 3.05) is 24.3 Å². The van der Waals surface area contributed by atoms with Crippen LogP contribution in [-0.4, -0.2) is 33.6 Å². The number of nitrogens with zero attached hydrogens (tertiary/aromatic N) is 4. The van der Waals surface area contributed by atoms with E-state index in [0.29, 0.717) is 31.1 Å². The highest BCUT2D eigenvalue weighted by molar-refractivity contribution is 5.36. The van der Waals surface area contributed by atoms with E-state index in [4.69, 9.17) is 4.74 Å². The van der Waals surface area contributed by atoms with Gasteiger partial charge in [0.05, 0.1) is 6.61 Å². The molecule has 0 fully saturated rings. The van der Waals surface area contributed by atoms with Crippen LogP contribution in [0.1, 0.15) is 18.1 Å². The number of aryl methyl sites for hydroxylation is 1. The molecule has 0 aliphatic carbocycles. The molecule has 0 radical (unpaired) electrons. The molecule has 0 atom stereocenters. The first-order chi connectivity index (χ1) is 9.72. The Hall–Kier alpha value is -2.44. The summed E-state index contributed by atoms with van der Waals surface area (Å²) < 4.78 is 5.31. The number of nitrogens with one attached hydrogen (secondary N) is 2. The minimum atomic E-state index is 0.303. The standard InChI is InChI=1S/C13H18N6O/c1-4-20-13-18-11(14-3)17-12(19-13)16-8-10-7-15-6-5-9(10)2/h5-7H,4,8H2,1-3H3,(H2,14,16,17,18,19). The van der Waals surface area contributed by atoms with Gasteiger partial charge < -0.3 is 15.4 Å². The van der Waals surface area contributed by atoms with Crippen LogP contribution in [0, 0.1) is 6.92 Å². The molecular weight excluding hydrogens is 256 g/mol. The largest absolute Gasteiger partial charge is 0.464 e. The van der Waals surface area contributed by atoms with E-state index >= 15 is 0 Å². The van der Waals surface area contributed by atoms with Crippen LogP contribution >= 0.6 is 0 Å². The predicted molar refractivity (Wildman–Crippen MR) is 76.8 cm³/mol. The first kappa shape index (κ1) is 14.0. The smallest absolute Gasteiger partial charge is 0.323 e. The number of hydrogen-bond donors (Lipinski definition) is 2. The number of hydrogen-bond acceptors (Lipinski definition) is 7. The Morgan fingerprint density at radius 3 is 2.70 bits per heavy atom. The van der Waals surface area contributed by atoms with Crippen LogP contribution in [0.2, 0.25) is 0 Å². The van der Waals surface area contributed by atoms with Gasteiger partial charge in [-0.2, -0.15) is 15.0 Å². The van der Waals surface area contributed by atoms with Gasteiger partial charge in [-0.05, 0) is 31.0 Å². The van der Waals surface area contributed by atoms with Crippen LogP contribution < -0.4 is 15.4 Å². The zero-order valence-electron chi connectivity index (χ0n) is 11.8. The van der Waals surface area contributed by atoms with E-state index < -0.39 is 0 Å². The van der Waals surface area contributed by atoms with Crippen LogP contribution in [0.3, 0.4) is 0 Å². The van der Waals surface area contributed by atoms with E-state index in [-0.39, 0.29) is 0 Å². The van der Waals surface area contributed by atoms with E-state index in [0.717, 1.165) is 5.56 Å². The molecule has 2 aromatic rings. The van der Waals surface area contributed by atoms with E-state index in [1.165, 1.54) is 5.56 Å². The summed E-state index contributed by atoms with van der Waals surface area (Å²) in [6.45, 7) is 5.03. The van der Waals surface area contributed by atoms with Crippen molar-refractivity contribution in [3.63, 3.8) is 0 Å². The molecule has 7 nitrogen and oxygen atoms in total. The molecule has 2 heterocycles. The quantitative estimate of drug-likeness (QED) is 0.828. The van der Waals surface area contributed by atoms with Crippen molar-refractivity contribution in [1.82, 2.24) is 19.9 Å². The summed E-state index contributed by atoms with van der Waals surface area (Å²) in [5, 5.41) is 6.03. The molecule has 0 amide bonds. The van der Waals surface area contributed by atoms with Gasteiger partial charge in [-0.15, -0.1) is 0 Å². The summed E-state index contributed by atoms with van der Waals surface area (Å²) in [4.78, 5) is 16.6. The third-order valence-corrected chi connectivity index (χ3v) is 2.70. The Morgan fingerprint density at radius 1 is 1.20 bits per heavy atom. The van der Waals surface area contributed by atoms with Gasteiger partial charge in [0.15, 0.2) is 0 Å². The molecule has 0 aromatic carbocycles. The second kappa shape index (κ2) is 6.65. The molecule has 20 heavy (non-hydrogen) atoms. The van der Waals surface area contributed by atoms with Crippen molar-refractivity contribution in [2.45, 2.75) is 20.4 Å². The van der Waals surface area contributed by atoms with Crippen LogP contribution in [0.4, 0.5) is 11.9 Å². The van der Waals surface area contributed by atoms with Crippen LogP contribution in [0.5, 0.6) is 6.01 Å². The van der Waals surface area contributed by atoms with Crippen molar-refractivity contribution in [1.29, 1.82) is 0 Å². The molecule has 0 saturated carbocycles. The Kier molecular flexibility index (Phi) is 4.65. The highest BCUT2D eigenvalue weighted by Gasteiger charge is 2.06. The molecule has 0 aliphatic heterocycles. The lowest BCUT2D eigenvalue weighted by molar-refractivity contribution is 0.312. The van der Waals surface area contributed by atoms with Gasteiger partial charge in [0, 0.05) is 26.0 Å². The Bertz CT molecular complexity index is 575. The molecule has 106 valence electrons. The highest BCUT2D eigenvalue weighted by atomic mass is 16.5. The number of aromatic nitrogens is 4. The zero-order valence-corrected chi connectivity index (χ0v) is 11.8. The fraction of sp³-hybridized carbons (Fsp3) is 0.385. The molecule has 0 unspecified atom stereocenters. The number of rotatable bonds is 6. The fourth-order valence-corrected chi connectivity index (χ4v) is 1.60. The maximum atomic E-state index is 5.31. The average Bonchev–Trinajstić information content (AvgIpc) is 2.46. The molecule has 0 bridgehead atoms. The van der Waals surface area contributed by atoms with E-state index in [9.17, 15) is 0 Å². The molecule has 0 aliphatic rings. The van der Waals surface area contributed by atoms with Gasteiger partial charge >= 0.3 is 6.01 Å². The third kappa shape index (κ3) is 3.53. The second-order valence-corrected chi connectivity index (χ2v) is 4.10. The minimum absolute atomic E-state index is 0.303. The minimum Gasteiger partial charge on any atom is -0.464 e. The van der Waals surface area contributed by atoms with E-state index in [1.807, 2.05) is 26.1 Å². The van der Waals surface area contributed by atoms with Gasteiger partial charge in [-0.25, -0.2) is 0 Å². The summed E-state index contributed by atoms with van der Waals surface area (Å²) in [6.07, 6.45) is 3.60. The number of ether oxygens (including phenoxy) is 1. The zero-order chi connectivity index (χ0) is 14.4. The van der Waals surface area contributed by atoms with Crippen LogP contribution in [0.15, 0.2) is 18.5 Å². The molecule has 2 N–H and O–H groups in total. The van der Waals surface area contributed by atoms with Crippen molar-refractivity contribution < 1.29 is 4.74 Å². The number of anilines is 2. The van der Waals surface area contributed by atoms with Crippen molar-refractivity contribution in [2.24, 2.45) is 0 Å². The molecule has 0 spiro atoms. The molecule has 2 rings (SSSR count). The van der Waals surface area contributed by atoms with Gasteiger partial charge in [0.1, 0.15) is 0 Å². The van der Waals surface area contributed by atoms with E-state index in [1.54, 1.807) is 13.2 Å². The normalized spacial score (nSPS) is 10.2. The summed E-state index contributed by atoms with van der Waals surface area (Å²) in [5.74, 6) is 0.935. The molecule has 0 saturated heterocycles. The molecule has 2 aromatic heterocycles. The van der Waals surface area contributed by atoms with Gasteiger partial charge in [0.2, 0.25) is 11.9 Å². The molecule has 7 heteroatoms. The van der Waals surface area contributed by atoms with Gasteiger partial charge in [-0.3, -0.25) is 4.98 Å². The average molecular weight is 274 g/mol. The lowest BCUT2D eigenvalue weighted by atomic mass is 10.2. The van der Waals surface area contributed by atoms with Gasteiger partial charge in [0.25, 0.3) is 0 Å². The van der Waals surface area contributed by atoms with Crippen LogP contribution in [-0.2, 0) is 6.54 Å². The first-order valence-electron chi connectivity index (χ1n) is 6.43. The summed E-state index contributed by atoms with van der Waals surface area (Å²) in [6, 6.07) is 2.27. The van der Waals surface area contributed by atoms with Crippen molar-refractivity contribution >= 4 is 11.9 Å². The first-order valence-corrected chi connectivity index (χ1v) is 6.43. The Morgan fingerprint density at radius 2 is 2.00 bits per heavy atom. The second-order valence-electron chi connectivity index (χ2n) is 4.10. The monoisotopic (exact) mass is 274 g/mol. The fourth-order valence-electron chi connectivity index (χ4n) is 1.60. The highest BCUT2D eigenvalue weighted by Crippen LogP contribution is 2.12. The molecular formula is C13H18N6O. The number of pyridine rings is 1. The van der Waals surface area contributed by atoms with E-state index in [2.05, 4.69) is 30.6 Å². The lowest BCUT2D eigenvalue weighted by Crippen LogP contribution is -2.10. The maximum Gasteiger partial charge on any atom is 0.323 e. The summed E-state index contributed by atoms with van der Waals surface area (Å²) >= 11 is 0. The Balaban J connectivity index is 2.12. The van der Waals surface area contributed by atoms with Crippen molar-refractivity contribution in [3.05, 3.63) is 29.6 Å².